The molecular formula is C12H12ClN3O2. The SMILES string of the molecule is CN(Cc1ncc[nH]1)C(=O)c1cc(Cl)ccc1O. The summed E-state index contributed by atoms with van der Waals surface area (Å²) in [5, 5.41) is 10.1. The molecule has 1 amide bonds. The lowest BCUT2D eigenvalue weighted by Gasteiger charge is -2.16. The highest BCUT2D eigenvalue weighted by atomic mass is 35.5. The minimum Gasteiger partial charge on any atom is -0.507 e. The van der Waals surface area contributed by atoms with Crippen molar-refractivity contribution in [2.24, 2.45) is 0 Å². The fourth-order valence-corrected chi connectivity index (χ4v) is 1.74. The molecule has 0 spiro atoms. The number of hydrogen-bond acceptors (Lipinski definition) is 3. The average molecular weight is 266 g/mol. The smallest absolute Gasteiger partial charge is 0.257 e. The molecule has 6 heteroatoms. The maximum atomic E-state index is 12.1. The number of carbonyl (C=O) groups is 1. The molecular weight excluding hydrogens is 254 g/mol. The van der Waals surface area contributed by atoms with Crippen LogP contribution in [0.2, 0.25) is 5.02 Å². The number of carbonyl (C=O) groups excluding carboxylic acids is 1. The quantitative estimate of drug-likeness (QED) is 0.892. The van der Waals surface area contributed by atoms with Crippen molar-refractivity contribution in [2.45, 2.75) is 6.54 Å². The normalized spacial score (nSPS) is 10.3. The van der Waals surface area contributed by atoms with Gasteiger partial charge in [0, 0.05) is 24.5 Å². The zero-order chi connectivity index (χ0) is 13.1. The molecule has 2 N–H and O–H groups in total. The van der Waals surface area contributed by atoms with Gasteiger partial charge >= 0.3 is 0 Å². The molecule has 1 aromatic carbocycles. The lowest BCUT2D eigenvalue weighted by molar-refractivity contribution is 0.0779. The molecule has 0 saturated heterocycles. The molecule has 0 fully saturated rings. The maximum absolute atomic E-state index is 12.1. The number of benzene rings is 1. The van der Waals surface area contributed by atoms with Crippen LogP contribution < -0.4 is 0 Å². The second-order valence-electron chi connectivity index (χ2n) is 3.86. The Kier molecular flexibility index (Phi) is 3.53. The first-order valence-electron chi connectivity index (χ1n) is 5.30. The lowest BCUT2D eigenvalue weighted by Crippen LogP contribution is -2.26. The second kappa shape index (κ2) is 5.10. The van der Waals surface area contributed by atoms with Crippen molar-refractivity contribution in [3.05, 3.63) is 47.0 Å². The van der Waals surface area contributed by atoms with Gasteiger partial charge in [0.15, 0.2) is 0 Å². The molecule has 94 valence electrons. The number of aromatic amines is 1. The van der Waals surface area contributed by atoms with Crippen LogP contribution in [-0.2, 0) is 6.54 Å². The van der Waals surface area contributed by atoms with E-state index in [0.29, 0.717) is 17.4 Å². The number of phenols is 1. The predicted octanol–water partition coefficient (Wildman–Crippen LogP) is 2.04. The highest BCUT2D eigenvalue weighted by molar-refractivity contribution is 6.31. The Morgan fingerprint density at radius 1 is 1.56 bits per heavy atom. The molecule has 0 bridgehead atoms. The first-order chi connectivity index (χ1) is 8.58. The fourth-order valence-electron chi connectivity index (χ4n) is 1.57. The summed E-state index contributed by atoms with van der Waals surface area (Å²) < 4.78 is 0. The number of H-pyrrole nitrogens is 1. The third kappa shape index (κ3) is 2.62. The van der Waals surface area contributed by atoms with E-state index in [2.05, 4.69) is 9.97 Å². The molecule has 18 heavy (non-hydrogen) atoms. The molecule has 2 rings (SSSR count). The monoisotopic (exact) mass is 265 g/mol. The van der Waals surface area contributed by atoms with Gasteiger partial charge in [-0.25, -0.2) is 4.98 Å². The fraction of sp³-hybridized carbons (Fsp3) is 0.167. The molecule has 0 saturated carbocycles. The number of aromatic nitrogens is 2. The summed E-state index contributed by atoms with van der Waals surface area (Å²) in [6.45, 7) is 0.331. The molecule has 0 unspecified atom stereocenters. The number of imidazole rings is 1. The van der Waals surface area contributed by atoms with Gasteiger partial charge in [0.25, 0.3) is 5.91 Å². The van der Waals surface area contributed by atoms with Crippen molar-refractivity contribution in [1.82, 2.24) is 14.9 Å². The lowest BCUT2D eigenvalue weighted by atomic mass is 10.2. The minimum absolute atomic E-state index is 0.0873. The van der Waals surface area contributed by atoms with E-state index in [1.54, 1.807) is 19.4 Å². The summed E-state index contributed by atoms with van der Waals surface area (Å²) in [5.74, 6) is 0.273. The van der Waals surface area contributed by atoms with Crippen LogP contribution in [0.1, 0.15) is 16.2 Å². The van der Waals surface area contributed by atoms with Gasteiger partial charge in [-0.15, -0.1) is 0 Å². The number of halogens is 1. The van der Waals surface area contributed by atoms with Gasteiger partial charge < -0.3 is 15.0 Å². The van der Waals surface area contributed by atoms with Gasteiger partial charge in [0.1, 0.15) is 11.6 Å². The minimum atomic E-state index is -0.314. The molecule has 0 aliphatic heterocycles. The van der Waals surface area contributed by atoms with Gasteiger partial charge in [-0.1, -0.05) is 11.6 Å². The van der Waals surface area contributed by atoms with E-state index >= 15 is 0 Å². The van der Waals surface area contributed by atoms with Gasteiger partial charge in [-0.2, -0.15) is 0 Å². The predicted molar refractivity (Wildman–Crippen MR) is 67.5 cm³/mol. The van der Waals surface area contributed by atoms with E-state index in [1.807, 2.05) is 0 Å². The van der Waals surface area contributed by atoms with E-state index in [0.717, 1.165) is 0 Å². The van der Waals surface area contributed by atoms with Crippen molar-refractivity contribution in [1.29, 1.82) is 0 Å². The summed E-state index contributed by atoms with van der Waals surface area (Å²) in [6, 6.07) is 4.37. The molecule has 0 atom stereocenters. The number of nitrogens with zero attached hydrogens (tertiary/aromatic N) is 2. The standard InChI is InChI=1S/C12H12ClN3O2/c1-16(7-11-14-4-5-15-11)12(18)9-6-8(13)2-3-10(9)17/h2-6,17H,7H2,1H3,(H,14,15). The molecule has 5 nitrogen and oxygen atoms in total. The molecule has 0 aliphatic rings. The van der Waals surface area contributed by atoms with Crippen LogP contribution in [0.15, 0.2) is 30.6 Å². The molecule has 1 aromatic heterocycles. The summed E-state index contributed by atoms with van der Waals surface area (Å²) >= 11 is 5.81. The third-order valence-electron chi connectivity index (χ3n) is 2.48. The molecule has 2 aromatic rings. The first kappa shape index (κ1) is 12.4. The van der Waals surface area contributed by atoms with Crippen LogP contribution in [-0.4, -0.2) is 32.9 Å². The molecule has 0 radical (unpaired) electrons. The van der Waals surface area contributed by atoms with E-state index in [-0.39, 0.29) is 17.2 Å². The van der Waals surface area contributed by atoms with Crippen molar-refractivity contribution in [3.8, 4) is 5.75 Å². The molecule has 0 aliphatic carbocycles. The highest BCUT2D eigenvalue weighted by Gasteiger charge is 2.17. The van der Waals surface area contributed by atoms with E-state index in [1.165, 1.54) is 23.1 Å². The zero-order valence-corrected chi connectivity index (χ0v) is 10.5. The average Bonchev–Trinajstić information content (AvgIpc) is 2.84. The second-order valence-corrected chi connectivity index (χ2v) is 4.29. The molecule has 1 heterocycles. The Balaban J connectivity index is 2.17. The summed E-state index contributed by atoms with van der Waals surface area (Å²) in [6.07, 6.45) is 3.30. The van der Waals surface area contributed by atoms with E-state index in [4.69, 9.17) is 11.6 Å². The van der Waals surface area contributed by atoms with Crippen molar-refractivity contribution in [3.63, 3.8) is 0 Å². The Labute approximate surface area is 109 Å². The van der Waals surface area contributed by atoms with Gasteiger partial charge in [0.05, 0.1) is 12.1 Å². The number of amides is 1. The van der Waals surface area contributed by atoms with Crippen LogP contribution in [0.3, 0.4) is 0 Å². The Bertz CT molecular complexity index is 554. The first-order valence-corrected chi connectivity index (χ1v) is 5.68. The van der Waals surface area contributed by atoms with Gasteiger partial charge in [-0.3, -0.25) is 4.79 Å². The number of phenolic OH excluding ortho intramolecular Hbond substituents is 1. The van der Waals surface area contributed by atoms with Gasteiger partial charge in [-0.05, 0) is 18.2 Å². The van der Waals surface area contributed by atoms with Crippen molar-refractivity contribution in [2.75, 3.05) is 7.05 Å². The number of nitrogens with one attached hydrogen (secondary N) is 1. The van der Waals surface area contributed by atoms with Crippen LogP contribution in [0, 0.1) is 0 Å². The summed E-state index contributed by atoms with van der Waals surface area (Å²) in [4.78, 5) is 20.5. The Hall–Kier alpha value is -2.01. The summed E-state index contributed by atoms with van der Waals surface area (Å²) in [5.41, 5.74) is 0.177. The number of hydrogen-bond donors (Lipinski definition) is 2. The summed E-state index contributed by atoms with van der Waals surface area (Å²) in [7, 11) is 1.63. The number of aromatic hydroxyl groups is 1. The highest BCUT2D eigenvalue weighted by Crippen LogP contribution is 2.22. The topological polar surface area (TPSA) is 69.2 Å². The zero-order valence-electron chi connectivity index (χ0n) is 9.72. The van der Waals surface area contributed by atoms with Crippen LogP contribution in [0.5, 0.6) is 5.75 Å². The number of rotatable bonds is 3. The largest absolute Gasteiger partial charge is 0.507 e. The van der Waals surface area contributed by atoms with Crippen LogP contribution in [0.4, 0.5) is 0 Å². The van der Waals surface area contributed by atoms with Crippen molar-refractivity contribution < 1.29 is 9.90 Å². The van der Waals surface area contributed by atoms with Crippen LogP contribution >= 0.6 is 11.6 Å². The van der Waals surface area contributed by atoms with Gasteiger partial charge in [0.2, 0.25) is 0 Å². The van der Waals surface area contributed by atoms with E-state index in [9.17, 15) is 9.90 Å². The van der Waals surface area contributed by atoms with E-state index < -0.39 is 0 Å². The van der Waals surface area contributed by atoms with Crippen molar-refractivity contribution >= 4 is 17.5 Å². The maximum Gasteiger partial charge on any atom is 0.257 e. The Morgan fingerprint density at radius 3 is 3.00 bits per heavy atom. The van der Waals surface area contributed by atoms with Crippen LogP contribution in [0.25, 0.3) is 0 Å². The Morgan fingerprint density at radius 2 is 2.33 bits per heavy atom. The third-order valence-corrected chi connectivity index (χ3v) is 2.71.